The lowest BCUT2D eigenvalue weighted by atomic mass is 9.93. The lowest BCUT2D eigenvalue weighted by Crippen LogP contribution is -2.25. The van der Waals surface area contributed by atoms with E-state index in [1.807, 2.05) is 0 Å². The average Bonchev–Trinajstić information content (AvgIpc) is 3.17. The van der Waals surface area contributed by atoms with E-state index in [9.17, 15) is 39.6 Å². The van der Waals surface area contributed by atoms with Crippen molar-refractivity contribution in [1.29, 1.82) is 0 Å². The third-order valence-electron chi connectivity index (χ3n) is 7.90. The van der Waals surface area contributed by atoms with Crippen LogP contribution in [0.15, 0.2) is 60.7 Å². The lowest BCUT2D eigenvalue weighted by molar-refractivity contribution is -0.144. The van der Waals surface area contributed by atoms with Crippen molar-refractivity contribution in [3.63, 3.8) is 0 Å². The minimum Gasteiger partial charge on any atom is -0.491 e. The molecule has 0 aliphatic carbocycles. The topological polar surface area (TPSA) is 284 Å². The van der Waals surface area contributed by atoms with E-state index in [2.05, 4.69) is 14.2 Å². The molecular weight excluding hydrogens is 760 g/mol. The summed E-state index contributed by atoms with van der Waals surface area (Å²) in [6.45, 7) is -2.08. The zero-order valence-corrected chi connectivity index (χ0v) is 30.5. The Morgan fingerprint density at radius 3 is 1.16 bits per heavy atom. The Hall–Kier alpha value is -6.28. The second-order valence-corrected chi connectivity index (χ2v) is 12.4. The fourth-order valence-corrected chi connectivity index (χ4v) is 5.34. The van der Waals surface area contributed by atoms with Gasteiger partial charge in [0.15, 0.2) is 0 Å². The standard InChI is InChI=1S/C38H42O19/c1-21(39)50-13-24(40)16-53-34-8-4-22-2-6-28(51-14-25(41)18-55-36(44)45)10-30(22)32(34)12-33-31-11-29(52-15-26(42)19-56-37(46)47)7-3-23(31)5-9-35(33)54-17-27(43)20-57-38(48)49/h2-11,24-27,40-43H,12-20H2,1H3,(H,44,45)(H,46,47)(H,48,49). The SMILES string of the molecule is CC(=O)OCC(O)COc1ccc2ccc(OCC(O)COC(=O)O)cc2c1Cc1c(OCC(O)COC(=O)O)ccc2ccc(OCC(O)COC(=O)O)cc12. The Labute approximate surface area is 324 Å². The van der Waals surface area contributed by atoms with Gasteiger partial charge in [-0.05, 0) is 57.9 Å². The Balaban J connectivity index is 1.79. The van der Waals surface area contributed by atoms with Gasteiger partial charge in [0.2, 0.25) is 0 Å². The maximum atomic E-state index is 11.3. The summed E-state index contributed by atoms with van der Waals surface area (Å²) in [4.78, 5) is 43.7. The molecular formula is C38H42O19. The average molecular weight is 803 g/mol. The fourth-order valence-electron chi connectivity index (χ4n) is 5.34. The summed E-state index contributed by atoms with van der Waals surface area (Å²) in [5.41, 5.74) is 1.02. The molecule has 4 unspecified atom stereocenters. The fraction of sp³-hybridized carbons (Fsp3) is 0.368. The van der Waals surface area contributed by atoms with E-state index < -0.39 is 68.7 Å². The van der Waals surface area contributed by atoms with E-state index in [1.54, 1.807) is 60.7 Å². The highest BCUT2D eigenvalue weighted by molar-refractivity contribution is 5.93. The summed E-state index contributed by atoms with van der Waals surface area (Å²) in [6, 6.07) is 16.8. The third kappa shape index (κ3) is 14.1. The van der Waals surface area contributed by atoms with Crippen LogP contribution in [0.25, 0.3) is 21.5 Å². The molecule has 0 aliphatic rings. The first-order valence-corrected chi connectivity index (χ1v) is 17.2. The summed E-state index contributed by atoms with van der Waals surface area (Å²) < 4.78 is 41.8. The van der Waals surface area contributed by atoms with Crippen LogP contribution < -0.4 is 18.9 Å². The minimum atomic E-state index is -1.58. The zero-order chi connectivity index (χ0) is 41.5. The van der Waals surface area contributed by atoms with E-state index in [4.69, 9.17) is 39.0 Å². The number of carbonyl (C=O) groups excluding carboxylic acids is 1. The molecule has 19 nitrogen and oxygen atoms in total. The van der Waals surface area contributed by atoms with Crippen LogP contribution in [0.5, 0.6) is 23.0 Å². The number of esters is 1. The molecule has 0 fully saturated rings. The molecule has 0 spiro atoms. The number of benzene rings is 4. The first-order chi connectivity index (χ1) is 27.2. The van der Waals surface area contributed by atoms with E-state index >= 15 is 0 Å². The number of hydrogen-bond acceptors (Lipinski definition) is 16. The predicted octanol–water partition coefficient (Wildman–Crippen LogP) is 3.19. The van der Waals surface area contributed by atoms with Crippen molar-refractivity contribution in [2.45, 2.75) is 37.8 Å². The molecule has 4 aromatic rings. The Morgan fingerprint density at radius 1 is 0.474 bits per heavy atom. The highest BCUT2D eigenvalue weighted by Gasteiger charge is 2.20. The van der Waals surface area contributed by atoms with Crippen molar-refractivity contribution in [3.8, 4) is 23.0 Å². The highest BCUT2D eigenvalue weighted by atomic mass is 16.7. The maximum Gasteiger partial charge on any atom is 0.505 e. The van der Waals surface area contributed by atoms with E-state index in [0.29, 0.717) is 32.7 Å². The van der Waals surface area contributed by atoms with Gasteiger partial charge in [0.1, 0.15) is 100 Å². The molecule has 0 amide bonds. The first kappa shape index (κ1) is 43.4. The molecule has 0 aliphatic heterocycles. The molecule has 308 valence electrons. The Morgan fingerprint density at radius 2 is 0.807 bits per heavy atom. The van der Waals surface area contributed by atoms with Gasteiger partial charge < -0.3 is 73.6 Å². The third-order valence-corrected chi connectivity index (χ3v) is 7.90. The molecule has 0 bridgehead atoms. The largest absolute Gasteiger partial charge is 0.505 e. The van der Waals surface area contributed by atoms with Gasteiger partial charge in [0.05, 0.1) is 0 Å². The normalized spacial score (nSPS) is 13.1. The molecule has 57 heavy (non-hydrogen) atoms. The summed E-state index contributed by atoms with van der Waals surface area (Å²) in [5.74, 6) is 0.484. The van der Waals surface area contributed by atoms with Crippen molar-refractivity contribution in [2.24, 2.45) is 0 Å². The second-order valence-electron chi connectivity index (χ2n) is 12.4. The van der Waals surface area contributed by atoms with Crippen molar-refractivity contribution < 1.29 is 92.8 Å². The van der Waals surface area contributed by atoms with Crippen LogP contribution in [0.2, 0.25) is 0 Å². The predicted molar refractivity (Wildman–Crippen MR) is 195 cm³/mol. The molecule has 0 saturated carbocycles. The number of aliphatic hydroxyl groups is 4. The van der Waals surface area contributed by atoms with Crippen molar-refractivity contribution in [1.82, 2.24) is 0 Å². The zero-order valence-electron chi connectivity index (χ0n) is 30.5. The number of hydrogen-bond donors (Lipinski definition) is 7. The van der Waals surface area contributed by atoms with E-state index in [-0.39, 0.29) is 62.5 Å². The number of rotatable bonds is 22. The van der Waals surface area contributed by atoms with Crippen molar-refractivity contribution in [2.75, 3.05) is 52.9 Å². The summed E-state index contributed by atoms with van der Waals surface area (Å²) in [6.07, 6.45) is -9.79. The van der Waals surface area contributed by atoms with Crippen LogP contribution >= 0.6 is 0 Å². The van der Waals surface area contributed by atoms with Gasteiger partial charge in [-0.25, -0.2) is 14.4 Å². The van der Waals surface area contributed by atoms with E-state index in [0.717, 1.165) is 0 Å². The van der Waals surface area contributed by atoms with Crippen molar-refractivity contribution >= 4 is 46.0 Å². The number of fused-ring (bicyclic) bond motifs is 2. The maximum absolute atomic E-state index is 11.3. The molecule has 4 rings (SSSR count). The quantitative estimate of drug-likeness (QED) is 0.0444. The Bertz CT molecular complexity index is 1850. The first-order valence-electron chi connectivity index (χ1n) is 17.2. The number of ether oxygens (including phenoxy) is 8. The van der Waals surface area contributed by atoms with Gasteiger partial charge >= 0.3 is 24.4 Å². The molecule has 4 aromatic carbocycles. The molecule has 0 heterocycles. The van der Waals surface area contributed by atoms with Gasteiger partial charge in [0, 0.05) is 24.5 Å². The molecule has 19 heteroatoms. The smallest absolute Gasteiger partial charge is 0.491 e. The van der Waals surface area contributed by atoms with Crippen LogP contribution in [0, 0.1) is 0 Å². The van der Waals surface area contributed by atoms with Gasteiger partial charge in [-0.15, -0.1) is 0 Å². The second kappa shape index (κ2) is 21.1. The summed E-state index contributed by atoms with van der Waals surface area (Å²) in [7, 11) is 0. The van der Waals surface area contributed by atoms with Crippen LogP contribution in [-0.4, -0.2) is 137 Å². The van der Waals surface area contributed by atoms with Gasteiger partial charge in [-0.3, -0.25) is 4.79 Å². The molecule has 0 radical (unpaired) electrons. The number of aliphatic hydroxyl groups excluding tert-OH is 4. The number of carboxylic acid groups (broad SMARTS) is 3. The molecule has 0 saturated heterocycles. The molecule has 7 N–H and O–H groups in total. The Kier molecular flexibility index (Phi) is 16.1. The molecule has 4 atom stereocenters. The van der Waals surface area contributed by atoms with E-state index in [1.165, 1.54) is 6.92 Å². The van der Waals surface area contributed by atoms with Crippen LogP contribution in [0.3, 0.4) is 0 Å². The number of carbonyl (C=O) groups is 4. The summed E-state index contributed by atoms with van der Waals surface area (Å²) in [5, 5.41) is 70.2. The lowest BCUT2D eigenvalue weighted by Gasteiger charge is -2.21. The van der Waals surface area contributed by atoms with Gasteiger partial charge in [-0.1, -0.05) is 24.3 Å². The minimum absolute atomic E-state index is 0.0260. The monoisotopic (exact) mass is 802 g/mol. The van der Waals surface area contributed by atoms with Gasteiger partial charge in [-0.2, -0.15) is 0 Å². The highest BCUT2D eigenvalue weighted by Crippen LogP contribution is 2.38. The van der Waals surface area contributed by atoms with Gasteiger partial charge in [0.25, 0.3) is 0 Å². The van der Waals surface area contributed by atoms with Crippen LogP contribution in [-0.2, 0) is 30.2 Å². The van der Waals surface area contributed by atoms with Crippen molar-refractivity contribution in [3.05, 3.63) is 71.8 Å². The summed E-state index contributed by atoms with van der Waals surface area (Å²) >= 11 is 0. The van der Waals surface area contributed by atoms with Crippen LogP contribution in [0.4, 0.5) is 14.4 Å². The molecule has 0 aromatic heterocycles. The van der Waals surface area contributed by atoms with Crippen LogP contribution in [0.1, 0.15) is 18.1 Å².